The monoisotopic (exact) mass is 226 g/mol. The lowest BCUT2D eigenvalue weighted by atomic mass is 10.0. The van der Waals surface area contributed by atoms with E-state index in [1.165, 1.54) is 12.8 Å². The molecule has 1 aliphatic heterocycles. The van der Waals surface area contributed by atoms with Gasteiger partial charge >= 0.3 is 0 Å². The first-order chi connectivity index (χ1) is 7.31. The summed E-state index contributed by atoms with van der Waals surface area (Å²) >= 11 is 5.85. The van der Waals surface area contributed by atoms with Crippen molar-refractivity contribution in [2.45, 2.75) is 25.3 Å². The van der Waals surface area contributed by atoms with Crippen LogP contribution in [0, 0.1) is 0 Å². The topological polar surface area (TPSA) is 55.0 Å². The molecule has 2 heterocycles. The average Bonchev–Trinajstić information content (AvgIpc) is 2.29. The van der Waals surface area contributed by atoms with Crippen LogP contribution < -0.4 is 10.6 Å². The highest BCUT2D eigenvalue weighted by Crippen LogP contribution is 2.21. The summed E-state index contributed by atoms with van der Waals surface area (Å²) in [6.45, 7) is 1.62. The fourth-order valence-corrected chi connectivity index (χ4v) is 2.11. The van der Waals surface area contributed by atoms with Crippen LogP contribution in [0.2, 0.25) is 5.15 Å². The summed E-state index contributed by atoms with van der Waals surface area (Å²) in [5.41, 5.74) is 5.74. The first-order valence-electron chi connectivity index (χ1n) is 5.26. The van der Waals surface area contributed by atoms with Crippen molar-refractivity contribution in [1.29, 1.82) is 0 Å². The van der Waals surface area contributed by atoms with Crippen molar-refractivity contribution in [2.75, 3.05) is 18.0 Å². The Morgan fingerprint density at radius 3 is 3.13 bits per heavy atom. The van der Waals surface area contributed by atoms with Crippen molar-refractivity contribution in [3.63, 3.8) is 0 Å². The van der Waals surface area contributed by atoms with E-state index in [1.54, 1.807) is 12.3 Å². The van der Waals surface area contributed by atoms with Gasteiger partial charge in [0.05, 0.1) is 0 Å². The summed E-state index contributed by atoms with van der Waals surface area (Å²) < 4.78 is 0. The molecule has 0 radical (unpaired) electrons. The van der Waals surface area contributed by atoms with Crippen molar-refractivity contribution < 1.29 is 0 Å². The van der Waals surface area contributed by atoms with Gasteiger partial charge in [-0.3, -0.25) is 0 Å². The zero-order valence-corrected chi connectivity index (χ0v) is 9.32. The first kappa shape index (κ1) is 10.6. The van der Waals surface area contributed by atoms with Crippen molar-refractivity contribution in [3.05, 3.63) is 17.4 Å². The summed E-state index contributed by atoms with van der Waals surface area (Å²) in [7, 11) is 0. The quantitative estimate of drug-likeness (QED) is 0.776. The molecular weight excluding hydrogens is 212 g/mol. The van der Waals surface area contributed by atoms with Crippen LogP contribution in [0.1, 0.15) is 19.3 Å². The maximum Gasteiger partial charge on any atom is 0.227 e. The first-order valence-corrected chi connectivity index (χ1v) is 5.64. The van der Waals surface area contributed by atoms with Gasteiger partial charge in [-0.15, -0.1) is 0 Å². The van der Waals surface area contributed by atoms with Gasteiger partial charge < -0.3 is 10.6 Å². The van der Waals surface area contributed by atoms with Crippen LogP contribution in [0.15, 0.2) is 12.3 Å². The minimum Gasteiger partial charge on any atom is -0.337 e. The lowest BCUT2D eigenvalue weighted by Gasteiger charge is -2.34. The molecule has 0 bridgehead atoms. The third-order valence-electron chi connectivity index (χ3n) is 2.76. The Balaban J connectivity index is 2.20. The minimum atomic E-state index is 0.359. The van der Waals surface area contributed by atoms with E-state index in [9.17, 15) is 0 Å². The summed E-state index contributed by atoms with van der Waals surface area (Å²) in [5.74, 6) is 0.706. The predicted octanol–water partition coefficient (Wildman–Crippen LogP) is 1.45. The van der Waals surface area contributed by atoms with Crippen molar-refractivity contribution in [1.82, 2.24) is 9.97 Å². The van der Waals surface area contributed by atoms with Gasteiger partial charge in [0.15, 0.2) is 0 Å². The Hall–Kier alpha value is -0.870. The van der Waals surface area contributed by atoms with E-state index in [4.69, 9.17) is 17.3 Å². The van der Waals surface area contributed by atoms with E-state index in [0.29, 0.717) is 23.7 Å². The molecule has 0 unspecified atom stereocenters. The highest BCUT2D eigenvalue weighted by Gasteiger charge is 2.23. The molecule has 4 nitrogen and oxygen atoms in total. The van der Waals surface area contributed by atoms with E-state index < -0.39 is 0 Å². The van der Waals surface area contributed by atoms with Gasteiger partial charge in [0.2, 0.25) is 5.95 Å². The molecule has 1 saturated heterocycles. The average molecular weight is 227 g/mol. The maximum absolute atomic E-state index is 5.85. The van der Waals surface area contributed by atoms with Crippen molar-refractivity contribution in [2.24, 2.45) is 5.73 Å². The largest absolute Gasteiger partial charge is 0.337 e. The van der Waals surface area contributed by atoms with E-state index in [0.717, 1.165) is 13.0 Å². The van der Waals surface area contributed by atoms with Crippen LogP contribution in [-0.4, -0.2) is 29.1 Å². The molecule has 0 amide bonds. The second kappa shape index (κ2) is 4.77. The Morgan fingerprint density at radius 2 is 2.40 bits per heavy atom. The molecule has 1 aliphatic rings. The number of piperidine rings is 1. The smallest absolute Gasteiger partial charge is 0.227 e. The summed E-state index contributed by atoms with van der Waals surface area (Å²) in [4.78, 5) is 10.6. The number of rotatable bonds is 2. The number of anilines is 1. The number of hydrogen-bond acceptors (Lipinski definition) is 4. The fraction of sp³-hybridized carbons (Fsp3) is 0.600. The molecule has 0 aliphatic carbocycles. The molecule has 15 heavy (non-hydrogen) atoms. The molecule has 0 spiro atoms. The molecule has 1 aromatic heterocycles. The van der Waals surface area contributed by atoms with Crippen LogP contribution in [0.4, 0.5) is 5.95 Å². The van der Waals surface area contributed by atoms with Crippen LogP contribution in [0.3, 0.4) is 0 Å². The molecule has 2 rings (SSSR count). The van der Waals surface area contributed by atoms with Gasteiger partial charge in [-0.25, -0.2) is 9.97 Å². The Kier molecular flexibility index (Phi) is 3.38. The highest BCUT2D eigenvalue weighted by molar-refractivity contribution is 6.29. The predicted molar refractivity (Wildman–Crippen MR) is 61.1 cm³/mol. The standard InChI is InChI=1S/C10H15ClN4/c11-9-4-5-13-10(14-9)15-6-2-1-3-8(15)7-12/h4-5,8H,1-3,6-7,12H2/t8-/m1/s1. The van der Waals surface area contributed by atoms with Gasteiger partial charge in [0, 0.05) is 25.3 Å². The number of hydrogen-bond donors (Lipinski definition) is 1. The number of nitrogens with two attached hydrogens (primary N) is 1. The van der Waals surface area contributed by atoms with Crippen LogP contribution >= 0.6 is 11.6 Å². The minimum absolute atomic E-state index is 0.359. The number of nitrogens with zero attached hydrogens (tertiary/aromatic N) is 3. The van der Waals surface area contributed by atoms with E-state index in [2.05, 4.69) is 14.9 Å². The molecule has 0 saturated carbocycles. The SMILES string of the molecule is NC[C@H]1CCCCN1c1nccc(Cl)n1. The Morgan fingerprint density at radius 1 is 1.53 bits per heavy atom. The summed E-state index contributed by atoms with van der Waals surface area (Å²) in [6, 6.07) is 2.05. The molecular formula is C10H15ClN4. The van der Waals surface area contributed by atoms with Crippen LogP contribution in [0.5, 0.6) is 0 Å². The molecule has 2 N–H and O–H groups in total. The zero-order valence-electron chi connectivity index (χ0n) is 8.56. The second-order valence-corrected chi connectivity index (χ2v) is 4.15. The maximum atomic E-state index is 5.85. The molecule has 1 atom stereocenters. The van der Waals surface area contributed by atoms with Gasteiger partial charge in [-0.1, -0.05) is 11.6 Å². The van der Waals surface area contributed by atoms with E-state index in [1.807, 2.05) is 0 Å². The van der Waals surface area contributed by atoms with Gasteiger partial charge in [0.1, 0.15) is 5.15 Å². The van der Waals surface area contributed by atoms with Crippen LogP contribution in [0.25, 0.3) is 0 Å². The zero-order chi connectivity index (χ0) is 10.7. The van der Waals surface area contributed by atoms with Gasteiger partial charge in [-0.2, -0.15) is 0 Å². The van der Waals surface area contributed by atoms with Crippen molar-refractivity contribution >= 4 is 17.5 Å². The summed E-state index contributed by atoms with van der Waals surface area (Å²) in [5, 5.41) is 0.487. The lowest BCUT2D eigenvalue weighted by Crippen LogP contribution is -2.45. The summed E-state index contributed by atoms with van der Waals surface area (Å²) in [6.07, 6.45) is 5.21. The van der Waals surface area contributed by atoms with Crippen LogP contribution in [-0.2, 0) is 0 Å². The van der Waals surface area contributed by atoms with Crippen molar-refractivity contribution in [3.8, 4) is 0 Å². The molecule has 0 aromatic carbocycles. The highest BCUT2D eigenvalue weighted by atomic mass is 35.5. The Labute approximate surface area is 94.5 Å². The number of halogens is 1. The molecule has 82 valence electrons. The van der Waals surface area contributed by atoms with Gasteiger partial charge in [0.25, 0.3) is 0 Å². The molecule has 1 fully saturated rings. The van der Waals surface area contributed by atoms with E-state index in [-0.39, 0.29) is 0 Å². The lowest BCUT2D eigenvalue weighted by molar-refractivity contribution is 0.458. The molecule has 5 heteroatoms. The normalized spacial score (nSPS) is 21.7. The number of aromatic nitrogens is 2. The molecule has 1 aromatic rings. The van der Waals surface area contributed by atoms with Gasteiger partial charge in [-0.05, 0) is 25.3 Å². The second-order valence-electron chi connectivity index (χ2n) is 3.76. The fourth-order valence-electron chi connectivity index (χ4n) is 1.97. The third-order valence-corrected chi connectivity index (χ3v) is 2.98. The Bertz CT molecular complexity index is 331. The third kappa shape index (κ3) is 2.38. The van der Waals surface area contributed by atoms with E-state index >= 15 is 0 Å².